The normalized spacial score (nSPS) is 16.7. The number of carbonyl (C=O) groups is 2. The lowest BCUT2D eigenvalue weighted by Crippen LogP contribution is -2.42. The Hall–Kier alpha value is -3.33. The van der Waals surface area contributed by atoms with E-state index in [0.717, 1.165) is 38.8 Å². The van der Waals surface area contributed by atoms with E-state index in [9.17, 15) is 19.7 Å². The number of nitrogens with one attached hydrogen (secondary N) is 3. The van der Waals surface area contributed by atoms with Crippen molar-refractivity contribution in [2.24, 2.45) is 5.92 Å². The molecule has 0 bridgehead atoms. The molecule has 1 saturated heterocycles. The fourth-order valence-corrected chi connectivity index (χ4v) is 3.54. The molecule has 156 valence electrons. The summed E-state index contributed by atoms with van der Waals surface area (Å²) in [4.78, 5) is 39.9. The zero-order valence-electron chi connectivity index (χ0n) is 16.4. The van der Waals surface area contributed by atoms with E-state index in [4.69, 9.17) is 0 Å². The molecule has 9 nitrogen and oxygen atoms in total. The Morgan fingerprint density at radius 1 is 1.10 bits per heavy atom. The van der Waals surface area contributed by atoms with Gasteiger partial charge in [-0.2, -0.15) is 0 Å². The number of aromatic nitrogens is 1. The quantitative estimate of drug-likeness (QED) is 0.497. The second kappa shape index (κ2) is 8.58. The number of benzene rings is 1. The van der Waals surface area contributed by atoms with Crippen molar-refractivity contribution >= 4 is 23.3 Å². The monoisotopic (exact) mass is 409 g/mol. The van der Waals surface area contributed by atoms with Gasteiger partial charge >= 0.3 is 0 Å². The molecule has 2 aromatic rings. The van der Waals surface area contributed by atoms with Crippen molar-refractivity contribution in [2.75, 3.05) is 18.4 Å². The lowest BCUT2D eigenvalue weighted by molar-refractivity contribution is -0.384. The molecule has 1 saturated carbocycles. The van der Waals surface area contributed by atoms with Gasteiger partial charge in [0, 0.05) is 29.8 Å². The number of rotatable bonds is 6. The fourth-order valence-electron chi connectivity index (χ4n) is 3.54. The molecule has 0 atom stereocenters. The summed E-state index contributed by atoms with van der Waals surface area (Å²) in [6, 6.07) is 7.77. The summed E-state index contributed by atoms with van der Waals surface area (Å²) >= 11 is 0. The standard InChI is InChI=1S/C21H23N5O4/c27-20(13-1-2-13)25-19-12-14(5-10-23-19)17-4-3-15(11-18(17)26(29)30)21(28)24-16-6-8-22-9-7-16/h3-5,10-13,16,22H,1-2,6-9H2,(H,24,28)(H,23,25,27). The highest BCUT2D eigenvalue weighted by molar-refractivity contribution is 5.97. The van der Waals surface area contributed by atoms with Crippen LogP contribution in [0.5, 0.6) is 0 Å². The van der Waals surface area contributed by atoms with Gasteiger partial charge in [0.2, 0.25) is 5.91 Å². The summed E-state index contributed by atoms with van der Waals surface area (Å²) in [6.45, 7) is 1.68. The molecule has 1 aliphatic carbocycles. The first-order chi connectivity index (χ1) is 14.5. The van der Waals surface area contributed by atoms with Crippen molar-refractivity contribution in [3.05, 3.63) is 52.2 Å². The predicted molar refractivity (Wildman–Crippen MR) is 111 cm³/mol. The third-order valence-electron chi connectivity index (χ3n) is 5.40. The Bertz CT molecular complexity index is 983. The molecule has 0 radical (unpaired) electrons. The van der Waals surface area contributed by atoms with Gasteiger partial charge in [0.25, 0.3) is 11.6 Å². The molecular weight excluding hydrogens is 386 g/mol. The molecule has 0 spiro atoms. The van der Waals surface area contributed by atoms with Crippen LogP contribution in [0.1, 0.15) is 36.0 Å². The van der Waals surface area contributed by atoms with Crippen molar-refractivity contribution in [1.82, 2.24) is 15.6 Å². The third kappa shape index (κ3) is 4.62. The molecule has 9 heteroatoms. The summed E-state index contributed by atoms with van der Waals surface area (Å²) in [5.41, 5.74) is 0.995. The van der Waals surface area contributed by atoms with Crippen LogP contribution < -0.4 is 16.0 Å². The number of nitro benzene ring substituents is 1. The molecule has 0 unspecified atom stereocenters. The van der Waals surface area contributed by atoms with Gasteiger partial charge in [-0.15, -0.1) is 0 Å². The second-order valence-corrected chi connectivity index (χ2v) is 7.68. The molecule has 1 aliphatic heterocycles. The van der Waals surface area contributed by atoms with Crippen LogP contribution in [0.2, 0.25) is 0 Å². The van der Waals surface area contributed by atoms with E-state index in [2.05, 4.69) is 20.9 Å². The van der Waals surface area contributed by atoms with Gasteiger partial charge < -0.3 is 16.0 Å². The Morgan fingerprint density at radius 3 is 2.57 bits per heavy atom. The fraction of sp³-hybridized carbons (Fsp3) is 0.381. The highest BCUT2D eigenvalue weighted by Crippen LogP contribution is 2.33. The smallest absolute Gasteiger partial charge is 0.277 e. The minimum absolute atomic E-state index is 0.0301. The van der Waals surface area contributed by atoms with E-state index in [1.807, 2.05) is 0 Å². The predicted octanol–water partition coefficient (Wildman–Crippen LogP) is 2.49. The van der Waals surface area contributed by atoms with Gasteiger partial charge in [-0.3, -0.25) is 19.7 Å². The molecule has 2 aliphatic rings. The molecule has 4 rings (SSSR count). The first-order valence-corrected chi connectivity index (χ1v) is 10.1. The number of nitro groups is 1. The van der Waals surface area contributed by atoms with Gasteiger partial charge in [-0.25, -0.2) is 4.98 Å². The molecular formula is C21H23N5O4. The minimum atomic E-state index is -0.500. The van der Waals surface area contributed by atoms with Crippen LogP contribution in [-0.4, -0.2) is 40.9 Å². The molecule has 30 heavy (non-hydrogen) atoms. The first-order valence-electron chi connectivity index (χ1n) is 10.1. The number of pyridine rings is 1. The second-order valence-electron chi connectivity index (χ2n) is 7.68. The Labute approximate surface area is 173 Å². The van der Waals surface area contributed by atoms with Crippen LogP contribution in [0.25, 0.3) is 11.1 Å². The molecule has 1 aromatic heterocycles. The zero-order chi connectivity index (χ0) is 21.1. The van der Waals surface area contributed by atoms with Crippen LogP contribution in [0.4, 0.5) is 11.5 Å². The number of amides is 2. The van der Waals surface area contributed by atoms with Crippen LogP contribution >= 0.6 is 0 Å². The summed E-state index contributed by atoms with van der Waals surface area (Å²) in [7, 11) is 0. The molecule has 2 heterocycles. The largest absolute Gasteiger partial charge is 0.349 e. The summed E-state index contributed by atoms with van der Waals surface area (Å²) in [6.07, 6.45) is 4.91. The lowest BCUT2D eigenvalue weighted by Gasteiger charge is -2.23. The van der Waals surface area contributed by atoms with Gasteiger partial charge in [0.05, 0.1) is 10.5 Å². The topological polar surface area (TPSA) is 126 Å². The van der Waals surface area contributed by atoms with Gasteiger partial charge in [0.1, 0.15) is 5.82 Å². The number of piperidine rings is 1. The van der Waals surface area contributed by atoms with Gasteiger partial charge in [-0.05, 0) is 68.6 Å². The number of carbonyl (C=O) groups excluding carboxylic acids is 2. The summed E-state index contributed by atoms with van der Waals surface area (Å²) < 4.78 is 0. The zero-order valence-corrected chi connectivity index (χ0v) is 16.4. The van der Waals surface area contributed by atoms with Crippen LogP contribution in [0.15, 0.2) is 36.5 Å². The summed E-state index contributed by atoms with van der Waals surface area (Å²) in [5.74, 6) is -0.0169. The van der Waals surface area contributed by atoms with Crippen molar-refractivity contribution in [2.45, 2.75) is 31.7 Å². The van der Waals surface area contributed by atoms with Crippen LogP contribution in [-0.2, 0) is 4.79 Å². The maximum Gasteiger partial charge on any atom is 0.277 e. The highest BCUT2D eigenvalue weighted by Gasteiger charge is 2.30. The van der Waals surface area contributed by atoms with Crippen molar-refractivity contribution in [3.63, 3.8) is 0 Å². The minimum Gasteiger partial charge on any atom is -0.349 e. The maximum absolute atomic E-state index is 12.6. The lowest BCUT2D eigenvalue weighted by atomic mass is 10.0. The summed E-state index contributed by atoms with van der Waals surface area (Å²) in [5, 5.41) is 20.6. The number of nitrogens with zero attached hydrogens (tertiary/aromatic N) is 2. The van der Waals surface area contributed by atoms with E-state index in [1.54, 1.807) is 24.3 Å². The van der Waals surface area contributed by atoms with E-state index >= 15 is 0 Å². The van der Waals surface area contributed by atoms with Crippen molar-refractivity contribution in [3.8, 4) is 11.1 Å². The van der Waals surface area contributed by atoms with E-state index in [1.165, 1.54) is 12.3 Å². The SMILES string of the molecule is O=C(NC1CCNCC1)c1ccc(-c2ccnc(NC(=O)C3CC3)c2)c([N+](=O)[O-])c1. The molecule has 2 fully saturated rings. The van der Waals surface area contributed by atoms with Crippen molar-refractivity contribution < 1.29 is 14.5 Å². The maximum atomic E-state index is 12.6. The highest BCUT2D eigenvalue weighted by atomic mass is 16.6. The van der Waals surface area contributed by atoms with E-state index in [0.29, 0.717) is 16.9 Å². The van der Waals surface area contributed by atoms with E-state index < -0.39 is 4.92 Å². The molecule has 1 aromatic carbocycles. The Morgan fingerprint density at radius 2 is 1.87 bits per heavy atom. The van der Waals surface area contributed by atoms with Crippen molar-refractivity contribution in [1.29, 1.82) is 0 Å². The number of anilines is 1. The Balaban J connectivity index is 1.56. The average Bonchev–Trinajstić information content (AvgIpc) is 3.60. The van der Waals surface area contributed by atoms with Gasteiger partial charge in [0.15, 0.2) is 0 Å². The first kappa shape index (κ1) is 20.0. The average molecular weight is 409 g/mol. The van der Waals surface area contributed by atoms with Crippen LogP contribution in [0.3, 0.4) is 0 Å². The Kier molecular flexibility index (Phi) is 5.71. The molecule has 3 N–H and O–H groups in total. The molecule has 2 amide bonds. The third-order valence-corrected chi connectivity index (χ3v) is 5.40. The number of hydrogen-bond donors (Lipinski definition) is 3. The van der Waals surface area contributed by atoms with Crippen LogP contribution in [0, 0.1) is 16.0 Å². The number of hydrogen-bond acceptors (Lipinski definition) is 6. The van der Waals surface area contributed by atoms with Gasteiger partial charge in [-0.1, -0.05) is 0 Å². The van der Waals surface area contributed by atoms with E-state index in [-0.39, 0.29) is 35.0 Å².